The molecule has 0 aliphatic heterocycles. The Kier molecular flexibility index (Phi) is 6.91. The molecule has 2 heterocycles. The molecule has 0 fully saturated rings. The van der Waals surface area contributed by atoms with E-state index in [4.69, 9.17) is 5.11 Å². The number of nitrogens with one attached hydrogen (secondary N) is 2. The van der Waals surface area contributed by atoms with Crippen molar-refractivity contribution in [2.45, 2.75) is 13.3 Å². The molecule has 31 heavy (non-hydrogen) atoms. The number of carboxylic acids is 1. The van der Waals surface area contributed by atoms with Crippen LogP contribution in [-0.4, -0.2) is 44.9 Å². The van der Waals surface area contributed by atoms with Gasteiger partial charge in [0.2, 0.25) is 5.95 Å². The van der Waals surface area contributed by atoms with Gasteiger partial charge < -0.3 is 15.8 Å². The Hall–Kier alpha value is -3.82. The highest BCUT2D eigenvalue weighted by molar-refractivity contribution is 5.94. The van der Waals surface area contributed by atoms with Gasteiger partial charge in [-0.05, 0) is 36.2 Å². The topological polar surface area (TPSA) is 109 Å². The van der Waals surface area contributed by atoms with Crippen molar-refractivity contribution >= 4 is 11.9 Å². The van der Waals surface area contributed by atoms with Gasteiger partial charge in [0.05, 0.1) is 28.9 Å². The van der Waals surface area contributed by atoms with Gasteiger partial charge >= 0.3 is 5.97 Å². The van der Waals surface area contributed by atoms with Crippen molar-refractivity contribution < 1.29 is 23.5 Å². The van der Waals surface area contributed by atoms with E-state index in [1.54, 1.807) is 12.1 Å². The molecule has 10 heteroatoms. The number of halogens is 2. The fraction of sp³-hybridized carbons (Fsp3) is 0.238. The van der Waals surface area contributed by atoms with E-state index in [0.29, 0.717) is 13.0 Å². The van der Waals surface area contributed by atoms with Crippen LogP contribution in [0.3, 0.4) is 0 Å². The fourth-order valence-corrected chi connectivity index (χ4v) is 2.74. The summed E-state index contributed by atoms with van der Waals surface area (Å²) in [4.78, 5) is 28.2. The van der Waals surface area contributed by atoms with E-state index in [0.717, 1.165) is 5.56 Å². The van der Waals surface area contributed by atoms with E-state index in [9.17, 15) is 18.4 Å². The van der Waals surface area contributed by atoms with Crippen molar-refractivity contribution in [3.63, 3.8) is 0 Å². The van der Waals surface area contributed by atoms with E-state index in [1.807, 2.05) is 0 Å². The van der Waals surface area contributed by atoms with E-state index >= 15 is 0 Å². The van der Waals surface area contributed by atoms with Crippen molar-refractivity contribution in [3.8, 4) is 11.3 Å². The Morgan fingerprint density at radius 3 is 2.71 bits per heavy atom. The van der Waals surface area contributed by atoms with Crippen LogP contribution in [0.15, 0.2) is 48.8 Å². The van der Waals surface area contributed by atoms with E-state index in [2.05, 4.69) is 20.8 Å². The predicted octanol–water partition coefficient (Wildman–Crippen LogP) is 2.46. The number of carbonyl (C=O) groups is 2. The number of carboxylic acid groups (broad SMARTS) is 1. The molecule has 1 aromatic carbocycles. The van der Waals surface area contributed by atoms with Gasteiger partial charge in [-0.3, -0.25) is 14.6 Å². The first-order chi connectivity index (χ1) is 14.8. The zero-order valence-corrected chi connectivity index (χ0v) is 16.7. The molecule has 0 bridgehead atoms. The number of carbonyl (C=O) groups excluding carboxylic acids is 1. The molecule has 1 amide bonds. The smallest absolute Gasteiger partial charge is 0.308 e. The van der Waals surface area contributed by atoms with E-state index in [1.165, 1.54) is 48.4 Å². The second-order valence-electron chi connectivity index (χ2n) is 6.95. The van der Waals surface area contributed by atoms with Crippen LogP contribution in [0.5, 0.6) is 0 Å². The minimum Gasteiger partial charge on any atom is -0.481 e. The zero-order chi connectivity index (χ0) is 22.4. The summed E-state index contributed by atoms with van der Waals surface area (Å²) in [7, 11) is 0. The van der Waals surface area contributed by atoms with Crippen LogP contribution in [0.4, 0.5) is 8.78 Å². The van der Waals surface area contributed by atoms with Crippen LogP contribution in [0.25, 0.3) is 11.3 Å². The van der Waals surface area contributed by atoms with Gasteiger partial charge in [0.25, 0.3) is 5.91 Å². The number of pyridine rings is 1. The number of aliphatic carboxylic acids is 1. The number of hydrogen-bond acceptors (Lipinski definition) is 5. The van der Waals surface area contributed by atoms with Crippen LogP contribution >= 0.6 is 0 Å². The highest BCUT2D eigenvalue weighted by Crippen LogP contribution is 2.19. The molecular formula is C21H21F2N5O3. The molecular weight excluding hydrogens is 408 g/mol. The Labute approximate surface area is 176 Å². The Morgan fingerprint density at radius 2 is 2.03 bits per heavy atom. The molecule has 0 spiro atoms. The largest absolute Gasteiger partial charge is 0.481 e. The SMILES string of the molecule is C[C@H](CNC(=O)c1ccc(-c2cn(NCCc3cccc(F)c3)nc2F)nc1)C(=O)O. The minimum absolute atomic E-state index is 0.0153. The summed E-state index contributed by atoms with van der Waals surface area (Å²) < 4.78 is 27.5. The third-order valence-corrected chi connectivity index (χ3v) is 4.54. The number of hydrogen-bond donors (Lipinski definition) is 3. The normalized spacial score (nSPS) is 11.7. The van der Waals surface area contributed by atoms with Crippen LogP contribution in [0, 0.1) is 17.7 Å². The number of rotatable bonds is 9. The lowest BCUT2D eigenvalue weighted by atomic mass is 10.1. The molecule has 2 aromatic heterocycles. The quantitative estimate of drug-likeness (QED) is 0.482. The van der Waals surface area contributed by atoms with Gasteiger partial charge in [-0.25, -0.2) is 4.39 Å². The fourth-order valence-electron chi connectivity index (χ4n) is 2.74. The Balaban J connectivity index is 1.59. The summed E-state index contributed by atoms with van der Waals surface area (Å²) in [5.41, 5.74) is 4.36. The zero-order valence-electron chi connectivity index (χ0n) is 16.7. The van der Waals surface area contributed by atoms with Gasteiger partial charge in [-0.2, -0.15) is 9.18 Å². The Bertz CT molecular complexity index is 1070. The first-order valence-corrected chi connectivity index (χ1v) is 9.54. The number of amides is 1. The summed E-state index contributed by atoms with van der Waals surface area (Å²) >= 11 is 0. The molecule has 162 valence electrons. The van der Waals surface area contributed by atoms with E-state index < -0.39 is 23.7 Å². The lowest BCUT2D eigenvalue weighted by Gasteiger charge is -2.08. The Morgan fingerprint density at radius 1 is 1.23 bits per heavy atom. The van der Waals surface area contributed by atoms with Gasteiger partial charge in [0.15, 0.2) is 0 Å². The molecule has 0 unspecified atom stereocenters. The van der Waals surface area contributed by atoms with Gasteiger partial charge in [-0.15, -0.1) is 5.10 Å². The van der Waals surface area contributed by atoms with E-state index in [-0.39, 0.29) is 29.2 Å². The molecule has 0 saturated carbocycles. The number of benzene rings is 1. The third kappa shape index (κ3) is 5.84. The summed E-state index contributed by atoms with van der Waals surface area (Å²) in [6.45, 7) is 1.88. The predicted molar refractivity (Wildman–Crippen MR) is 109 cm³/mol. The van der Waals surface area contributed by atoms with Crippen molar-refractivity contribution in [2.75, 3.05) is 18.5 Å². The summed E-state index contributed by atoms with van der Waals surface area (Å²) in [6.07, 6.45) is 3.24. The molecule has 3 aromatic rings. The maximum Gasteiger partial charge on any atom is 0.308 e. The molecule has 1 atom stereocenters. The van der Waals surface area contributed by atoms with Crippen molar-refractivity contribution in [2.24, 2.45) is 5.92 Å². The number of aromatic nitrogens is 3. The molecule has 0 radical (unpaired) electrons. The molecule has 0 saturated heterocycles. The monoisotopic (exact) mass is 429 g/mol. The highest BCUT2D eigenvalue weighted by Gasteiger charge is 2.15. The minimum atomic E-state index is -1.01. The molecule has 8 nitrogen and oxygen atoms in total. The molecule has 0 aliphatic rings. The third-order valence-electron chi connectivity index (χ3n) is 4.54. The average Bonchev–Trinajstić information content (AvgIpc) is 3.12. The second kappa shape index (κ2) is 9.79. The van der Waals surface area contributed by atoms with Crippen molar-refractivity contribution in [1.29, 1.82) is 0 Å². The highest BCUT2D eigenvalue weighted by atomic mass is 19.1. The van der Waals surface area contributed by atoms with Crippen LogP contribution < -0.4 is 10.7 Å². The lowest BCUT2D eigenvalue weighted by Crippen LogP contribution is -2.31. The van der Waals surface area contributed by atoms with Crippen LogP contribution in [-0.2, 0) is 11.2 Å². The van der Waals surface area contributed by atoms with Gasteiger partial charge in [0, 0.05) is 19.3 Å². The lowest BCUT2D eigenvalue weighted by molar-refractivity contribution is -0.140. The summed E-state index contributed by atoms with van der Waals surface area (Å²) in [5.74, 6) is -3.25. The first-order valence-electron chi connectivity index (χ1n) is 9.54. The standard InChI is InChI=1S/C21H21F2N5O3/c1-13(21(30)31)10-25-20(29)15-5-6-18(24-11-15)17-12-28(27-19(17)23)26-8-7-14-3-2-4-16(22)9-14/h2-6,9,11-13,26H,7-8,10H2,1H3,(H,25,29)(H,30,31)/t13-/m1/s1. The first kappa shape index (κ1) is 21.9. The maximum absolute atomic E-state index is 14.2. The molecule has 3 N–H and O–H groups in total. The van der Waals surface area contributed by atoms with Crippen LogP contribution in [0.2, 0.25) is 0 Å². The molecule has 3 rings (SSSR count). The average molecular weight is 429 g/mol. The second-order valence-corrected chi connectivity index (χ2v) is 6.95. The maximum atomic E-state index is 14.2. The molecule has 0 aliphatic carbocycles. The van der Waals surface area contributed by atoms with Crippen molar-refractivity contribution in [3.05, 3.63) is 71.7 Å². The van der Waals surface area contributed by atoms with Crippen molar-refractivity contribution in [1.82, 2.24) is 20.2 Å². The number of nitrogens with zero attached hydrogens (tertiary/aromatic N) is 3. The van der Waals surface area contributed by atoms with Gasteiger partial charge in [-0.1, -0.05) is 19.1 Å². The summed E-state index contributed by atoms with van der Waals surface area (Å²) in [6, 6.07) is 9.16. The summed E-state index contributed by atoms with van der Waals surface area (Å²) in [5, 5.41) is 15.1. The van der Waals surface area contributed by atoms with Crippen LogP contribution in [0.1, 0.15) is 22.8 Å². The van der Waals surface area contributed by atoms with Gasteiger partial charge in [0.1, 0.15) is 5.82 Å².